The molecular formula is C12H22O. The van der Waals surface area contributed by atoms with E-state index in [4.69, 9.17) is 4.74 Å². The summed E-state index contributed by atoms with van der Waals surface area (Å²) in [5.41, 5.74) is 1.43. The van der Waals surface area contributed by atoms with Gasteiger partial charge < -0.3 is 4.74 Å². The SMILES string of the molecule is CC(C)C1=CC(C)(C)OC(C)(C)C1. The Morgan fingerprint density at radius 3 is 2.15 bits per heavy atom. The van der Waals surface area contributed by atoms with Crippen LogP contribution in [0.25, 0.3) is 0 Å². The Kier molecular flexibility index (Phi) is 2.59. The minimum Gasteiger partial charge on any atom is -0.365 e. The minimum absolute atomic E-state index is 0.00213. The van der Waals surface area contributed by atoms with Crippen LogP contribution in [0.3, 0.4) is 0 Å². The molecule has 1 nitrogen and oxygen atoms in total. The Labute approximate surface area is 82.2 Å². The zero-order chi connectivity index (χ0) is 10.3. The highest BCUT2D eigenvalue weighted by atomic mass is 16.5. The second kappa shape index (κ2) is 3.13. The molecule has 76 valence electrons. The third-order valence-electron chi connectivity index (χ3n) is 2.44. The molecule has 13 heavy (non-hydrogen) atoms. The number of hydrogen-bond donors (Lipinski definition) is 0. The van der Waals surface area contributed by atoms with E-state index in [1.54, 1.807) is 0 Å². The Bertz CT molecular complexity index is 221. The highest BCUT2D eigenvalue weighted by molar-refractivity contribution is 5.17. The predicted molar refractivity (Wildman–Crippen MR) is 56.8 cm³/mol. The van der Waals surface area contributed by atoms with Crippen molar-refractivity contribution >= 4 is 0 Å². The third-order valence-corrected chi connectivity index (χ3v) is 2.44. The van der Waals surface area contributed by atoms with Gasteiger partial charge in [0.05, 0.1) is 11.2 Å². The maximum absolute atomic E-state index is 5.97. The molecule has 1 heteroatoms. The largest absolute Gasteiger partial charge is 0.365 e. The van der Waals surface area contributed by atoms with E-state index in [0.29, 0.717) is 5.92 Å². The summed E-state index contributed by atoms with van der Waals surface area (Å²) in [6, 6.07) is 0. The van der Waals surface area contributed by atoms with Crippen molar-refractivity contribution < 1.29 is 4.74 Å². The first-order valence-corrected chi connectivity index (χ1v) is 5.14. The molecule has 1 aliphatic heterocycles. The summed E-state index contributed by atoms with van der Waals surface area (Å²) in [7, 11) is 0. The average Bonchev–Trinajstić information content (AvgIpc) is 1.79. The van der Waals surface area contributed by atoms with Crippen LogP contribution in [0.15, 0.2) is 11.6 Å². The summed E-state index contributed by atoms with van der Waals surface area (Å²) < 4.78 is 5.97. The standard InChI is InChI=1S/C12H22O/c1-9(2)10-7-11(3,4)13-12(5,6)8-10/h7,9H,8H2,1-6H3. The fourth-order valence-electron chi connectivity index (χ4n) is 2.14. The van der Waals surface area contributed by atoms with Gasteiger partial charge in [0, 0.05) is 0 Å². The summed E-state index contributed by atoms with van der Waals surface area (Å²) >= 11 is 0. The van der Waals surface area contributed by atoms with Gasteiger partial charge in [-0.25, -0.2) is 0 Å². The Balaban J connectivity index is 2.93. The molecule has 0 N–H and O–H groups in total. The van der Waals surface area contributed by atoms with Gasteiger partial charge in [-0.1, -0.05) is 25.5 Å². The van der Waals surface area contributed by atoms with Crippen LogP contribution < -0.4 is 0 Å². The van der Waals surface area contributed by atoms with Crippen LogP contribution in [0.1, 0.15) is 48.0 Å². The van der Waals surface area contributed by atoms with Crippen LogP contribution >= 0.6 is 0 Å². The van der Waals surface area contributed by atoms with E-state index in [0.717, 1.165) is 6.42 Å². The van der Waals surface area contributed by atoms with Crippen molar-refractivity contribution in [2.75, 3.05) is 0 Å². The lowest BCUT2D eigenvalue weighted by atomic mass is 9.84. The molecule has 0 atom stereocenters. The third kappa shape index (κ3) is 2.84. The quantitative estimate of drug-likeness (QED) is 0.563. The van der Waals surface area contributed by atoms with Gasteiger partial charge in [-0.15, -0.1) is 0 Å². The van der Waals surface area contributed by atoms with Crippen molar-refractivity contribution in [3.8, 4) is 0 Å². The molecule has 1 aliphatic rings. The van der Waals surface area contributed by atoms with Crippen molar-refractivity contribution in [3.05, 3.63) is 11.6 Å². The molecule has 0 aliphatic carbocycles. The highest BCUT2D eigenvalue weighted by Gasteiger charge is 2.34. The first-order valence-electron chi connectivity index (χ1n) is 5.14. The maximum atomic E-state index is 5.97. The lowest BCUT2D eigenvalue weighted by molar-refractivity contribution is -0.107. The monoisotopic (exact) mass is 182 g/mol. The molecular weight excluding hydrogens is 160 g/mol. The molecule has 0 spiro atoms. The lowest BCUT2D eigenvalue weighted by Gasteiger charge is -2.41. The second-order valence-electron chi connectivity index (χ2n) is 5.52. The van der Waals surface area contributed by atoms with Crippen LogP contribution in [0, 0.1) is 5.92 Å². The van der Waals surface area contributed by atoms with E-state index in [9.17, 15) is 0 Å². The molecule has 1 heterocycles. The second-order valence-corrected chi connectivity index (χ2v) is 5.52. The molecule has 0 fully saturated rings. The average molecular weight is 182 g/mol. The molecule has 0 aromatic heterocycles. The maximum Gasteiger partial charge on any atom is 0.0816 e. The molecule has 0 amide bonds. The molecule has 0 saturated heterocycles. The Hall–Kier alpha value is -0.300. The van der Waals surface area contributed by atoms with Crippen molar-refractivity contribution in [1.29, 1.82) is 0 Å². The minimum atomic E-state index is -0.0959. The molecule has 0 unspecified atom stereocenters. The lowest BCUT2D eigenvalue weighted by Crippen LogP contribution is -2.40. The fourth-order valence-corrected chi connectivity index (χ4v) is 2.14. The van der Waals surface area contributed by atoms with Crippen LogP contribution in [-0.2, 0) is 4.74 Å². The molecule has 1 rings (SSSR count). The normalized spacial score (nSPS) is 25.9. The van der Waals surface area contributed by atoms with E-state index in [1.165, 1.54) is 5.57 Å². The van der Waals surface area contributed by atoms with Crippen molar-refractivity contribution in [1.82, 2.24) is 0 Å². The van der Waals surface area contributed by atoms with Crippen LogP contribution in [-0.4, -0.2) is 11.2 Å². The van der Waals surface area contributed by atoms with Gasteiger partial charge in [0.25, 0.3) is 0 Å². The number of rotatable bonds is 1. The van der Waals surface area contributed by atoms with Gasteiger partial charge in [0.15, 0.2) is 0 Å². The smallest absolute Gasteiger partial charge is 0.0816 e. The zero-order valence-electron chi connectivity index (χ0n) is 9.77. The number of ether oxygens (including phenoxy) is 1. The van der Waals surface area contributed by atoms with E-state index >= 15 is 0 Å². The highest BCUT2D eigenvalue weighted by Crippen LogP contribution is 2.36. The molecule has 0 aromatic carbocycles. The van der Waals surface area contributed by atoms with Gasteiger partial charge in [-0.2, -0.15) is 0 Å². The first-order chi connectivity index (χ1) is 5.72. The predicted octanol–water partition coefficient (Wildman–Crippen LogP) is 3.55. The van der Waals surface area contributed by atoms with E-state index in [2.05, 4.69) is 47.6 Å². The topological polar surface area (TPSA) is 9.23 Å². The van der Waals surface area contributed by atoms with Crippen LogP contribution in [0.4, 0.5) is 0 Å². The fraction of sp³-hybridized carbons (Fsp3) is 0.833. The summed E-state index contributed by atoms with van der Waals surface area (Å²) in [5, 5.41) is 0. The summed E-state index contributed by atoms with van der Waals surface area (Å²) in [4.78, 5) is 0. The van der Waals surface area contributed by atoms with Gasteiger partial charge >= 0.3 is 0 Å². The summed E-state index contributed by atoms with van der Waals surface area (Å²) in [5.74, 6) is 0.641. The van der Waals surface area contributed by atoms with Crippen LogP contribution in [0.2, 0.25) is 0 Å². The van der Waals surface area contributed by atoms with Crippen molar-refractivity contribution in [2.24, 2.45) is 5.92 Å². The summed E-state index contributed by atoms with van der Waals surface area (Å²) in [6.45, 7) is 13.1. The summed E-state index contributed by atoms with van der Waals surface area (Å²) in [6.07, 6.45) is 3.34. The molecule has 0 aromatic rings. The van der Waals surface area contributed by atoms with Crippen LogP contribution in [0.5, 0.6) is 0 Å². The zero-order valence-corrected chi connectivity index (χ0v) is 9.77. The molecule has 0 saturated carbocycles. The van der Waals surface area contributed by atoms with Gasteiger partial charge in [-0.3, -0.25) is 0 Å². The molecule has 0 radical (unpaired) electrons. The Morgan fingerprint density at radius 1 is 1.23 bits per heavy atom. The number of hydrogen-bond acceptors (Lipinski definition) is 1. The Morgan fingerprint density at radius 2 is 1.77 bits per heavy atom. The van der Waals surface area contributed by atoms with Gasteiger partial charge in [0.1, 0.15) is 0 Å². The van der Waals surface area contributed by atoms with E-state index in [-0.39, 0.29) is 11.2 Å². The van der Waals surface area contributed by atoms with Crippen molar-refractivity contribution in [2.45, 2.75) is 59.2 Å². The van der Waals surface area contributed by atoms with Crippen molar-refractivity contribution in [3.63, 3.8) is 0 Å². The van der Waals surface area contributed by atoms with Gasteiger partial charge in [0.2, 0.25) is 0 Å². The van der Waals surface area contributed by atoms with Gasteiger partial charge in [-0.05, 0) is 40.0 Å². The van der Waals surface area contributed by atoms with E-state index < -0.39 is 0 Å². The first kappa shape index (κ1) is 10.8. The van der Waals surface area contributed by atoms with E-state index in [1.807, 2.05) is 0 Å². The molecule has 0 bridgehead atoms.